The molecule has 0 aliphatic rings. The van der Waals surface area contributed by atoms with Gasteiger partial charge < -0.3 is 24.8 Å². The molecule has 1 aromatic heterocycles. The smallest absolute Gasteiger partial charge is 0.251 e. The molecule has 2 N–H and O–H groups in total. The number of carbonyl (C=O) groups is 2. The monoisotopic (exact) mass is 359 g/mol. The van der Waals surface area contributed by atoms with Gasteiger partial charge in [0.05, 0.1) is 27.9 Å². The van der Waals surface area contributed by atoms with Gasteiger partial charge in [0.15, 0.2) is 11.5 Å². The van der Waals surface area contributed by atoms with Gasteiger partial charge in [-0.2, -0.15) is 0 Å². The standard InChI is InChI=1S/C18H21N3O5/c1-11-5-6-19-15(7-11)21-16(22)10-20-18(23)12-8-13(24-2)17(26-4)14(9-12)25-3/h5-9H,10H2,1-4H3,(H,20,23)(H,19,21,22). The van der Waals surface area contributed by atoms with Crippen LogP contribution < -0.4 is 24.8 Å². The topological polar surface area (TPSA) is 98.8 Å². The molecule has 0 saturated carbocycles. The quantitative estimate of drug-likeness (QED) is 0.782. The second-order valence-electron chi connectivity index (χ2n) is 5.36. The average Bonchev–Trinajstić information content (AvgIpc) is 2.64. The molecule has 1 heterocycles. The van der Waals surface area contributed by atoms with Crippen LogP contribution in [0.1, 0.15) is 15.9 Å². The fourth-order valence-electron chi connectivity index (χ4n) is 2.27. The summed E-state index contributed by atoms with van der Waals surface area (Å²) in [7, 11) is 4.40. The van der Waals surface area contributed by atoms with E-state index in [2.05, 4.69) is 15.6 Å². The predicted molar refractivity (Wildman–Crippen MR) is 96.0 cm³/mol. The number of aromatic nitrogens is 1. The molecule has 1 aromatic carbocycles. The van der Waals surface area contributed by atoms with E-state index in [1.54, 1.807) is 12.3 Å². The number of hydrogen-bond donors (Lipinski definition) is 2. The zero-order chi connectivity index (χ0) is 19.1. The van der Waals surface area contributed by atoms with E-state index in [1.807, 2.05) is 13.0 Å². The Morgan fingerprint density at radius 1 is 1.04 bits per heavy atom. The highest BCUT2D eigenvalue weighted by atomic mass is 16.5. The van der Waals surface area contributed by atoms with E-state index in [0.717, 1.165) is 5.56 Å². The Kier molecular flexibility index (Phi) is 6.37. The molecular weight excluding hydrogens is 338 g/mol. The summed E-state index contributed by atoms with van der Waals surface area (Å²) in [5, 5.41) is 5.16. The number of aryl methyl sites for hydroxylation is 1. The maximum absolute atomic E-state index is 12.3. The summed E-state index contributed by atoms with van der Waals surface area (Å²) in [5.41, 5.74) is 1.25. The van der Waals surface area contributed by atoms with Crippen LogP contribution in [0.5, 0.6) is 17.2 Å². The van der Waals surface area contributed by atoms with Crippen LogP contribution in [0.2, 0.25) is 0 Å². The molecular formula is C18H21N3O5. The minimum Gasteiger partial charge on any atom is -0.493 e. The molecule has 138 valence electrons. The highest BCUT2D eigenvalue weighted by molar-refractivity contribution is 5.99. The lowest BCUT2D eigenvalue weighted by Crippen LogP contribution is -2.33. The van der Waals surface area contributed by atoms with Gasteiger partial charge >= 0.3 is 0 Å². The molecule has 0 radical (unpaired) electrons. The van der Waals surface area contributed by atoms with Crippen LogP contribution in [0.4, 0.5) is 5.82 Å². The first kappa shape index (κ1) is 19.0. The summed E-state index contributed by atoms with van der Waals surface area (Å²) in [5.74, 6) is 0.683. The molecule has 0 fully saturated rings. The summed E-state index contributed by atoms with van der Waals surface area (Å²) in [6, 6.07) is 6.58. The van der Waals surface area contributed by atoms with E-state index >= 15 is 0 Å². The number of methoxy groups -OCH3 is 3. The van der Waals surface area contributed by atoms with Crippen molar-refractivity contribution < 1.29 is 23.8 Å². The van der Waals surface area contributed by atoms with Gasteiger partial charge in [-0.3, -0.25) is 9.59 Å². The first-order chi connectivity index (χ1) is 12.5. The maximum Gasteiger partial charge on any atom is 0.251 e. The van der Waals surface area contributed by atoms with E-state index in [1.165, 1.54) is 33.5 Å². The van der Waals surface area contributed by atoms with Crippen LogP contribution in [0.15, 0.2) is 30.5 Å². The third-order valence-corrected chi connectivity index (χ3v) is 3.52. The number of carbonyl (C=O) groups excluding carboxylic acids is 2. The van der Waals surface area contributed by atoms with Crippen molar-refractivity contribution in [1.29, 1.82) is 0 Å². The van der Waals surface area contributed by atoms with Gasteiger partial charge in [-0.15, -0.1) is 0 Å². The summed E-state index contributed by atoms with van der Waals surface area (Å²) in [6.07, 6.45) is 1.60. The molecule has 2 rings (SSSR count). The number of ether oxygens (including phenoxy) is 3. The van der Waals surface area contributed by atoms with E-state index < -0.39 is 5.91 Å². The minimum absolute atomic E-state index is 0.203. The summed E-state index contributed by atoms with van der Waals surface area (Å²) in [6.45, 7) is 1.69. The number of rotatable bonds is 7. The maximum atomic E-state index is 12.3. The van der Waals surface area contributed by atoms with Crippen LogP contribution in [0, 0.1) is 6.92 Å². The Bertz CT molecular complexity index is 782. The number of nitrogens with one attached hydrogen (secondary N) is 2. The molecule has 0 bridgehead atoms. The molecule has 0 saturated heterocycles. The number of amides is 2. The van der Waals surface area contributed by atoms with Crippen LogP contribution >= 0.6 is 0 Å². The van der Waals surface area contributed by atoms with Gasteiger partial charge in [-0.1, -0.05) is 0 Å². The molecule has 8 nitrogen and oxygen atoms in total. The summed E-state index contributed by atoms with van der Waals surface area (Å²) < 4.78 is 15.6. The Morgan fingerprint density at radius 3 is 2.23 bits per heavy atom. The Morgan fingerprint density at radius 2 is 1.69 bits per heavy atom. The van der Waals surface area contributed by atoms with E-state index in [4.69, 9.17) is 14.2 Å². The Balaban J connectivity index is 2.04. The second-order valence-corrected chi connectivity index (χ2v) is 5.36. The summed E-state index contributed by atoms with van der Waals surface area (Å²) in [4.78, 5) is 28.3. The lowest BCUT2D eigenvalue weighted by molar-refractivity contribution is -0.115. The predicted octanol–water partition coefficient (Wildman–Crippen LogP) is 1.78. The fraction of sp³-hybridized carbons (Fsp3) is 0.278. The van der Waals surface area contributed by atoms with Crippen LogP contribution in [0.3, 0.4) is 0 Å². The van der Waals surface area contributed by atoms with Gasteiger partial charge in [0, 0.05) is 11.8 Å². The molecule has 0 spiro atoms. The minimum atomic E-state index is -0.448. The fourth-order valence-corrected chi connectivity index (χ4v) is 2.27. The van der Waals surface area contributed by atoms with Gasteiger partial charge in [0.25, 0.3) is 5.91 Å². The lowest BCUT2D eigenvalue weighted by atomic mass is 10.1. The largest absolute Gasteiger partial charge is 0.493 e. The van der Waals surface area contributed by atoms with Gasteiger partial charge in [0.1, 0.15) is 5.82 Å². The number of pyridine rings is 1. The zero-order valence-corrected chi connectivity index (χ0v) is 15.1. The Hall–Kier alpha value is -3.29. The first-order valence-electron chi connectivity index (χ1n) is 7.79. The molecule has 0 aliphatic heterocycles. The molecule has 26 heavy (non-hydrogen) atoms. The molecule has 2 amide bonds. The van der Waals surface area contributed by atoms with Crippen LogP contribution in [-0.4, -0.2) is 44.7 Å². The third kappa shape index (κ3) is 4.62. The van der Waals surface area contributed by atoms with E-state index in [0.29, 0.717) is 23.1 Å². The normalized spacial score (nSPS) is 10.0. The van der Waals surface area contributed by atoms with Crippen molar-refractivity contribution in [2.45, 2.75) is 6.92 Å². The molecule has 0 unspecified atom stereocenters. The van der Waals surface area contributed by atoms with E-state index in [9.17, 15) is 9.59 Å². The van der Waals surface area contributed by atoms with E-state index in [-0.39, 0.29) is 18.0 Å². The van der Waals surface area contributed by atoms with Crippen molar-refractivity contribution >= 4 is 17.6 Å². The highest BCUT2D eigenvalue weighted by Crippen LogP contribution is 2.38. The van der Waals surface area contributed by atoms with Crippen LogP contribution in [0.25, 0.3) is 0 Å². The van der Waals surface area contributed by atoms with Crippen molar-refractivity contribution in [3.63, 3.8) is 0 Å². The highest BCUT2D eigenvalue weighted by Gasteiger charge is 2.17. The van der Waals surface area contributed by atoms with Crippen LogP contribution in [-0.2, 0) is 4.79 Å². The van der Waals surface area contributed by atoms with Crippen molar-refractivity contribution in [2.75, 3.05) is 33.2 Å². The molecule has 2 aromatic rings. The van der Waals surface area contributed by atoms with Gasteiger partial charge in [-0.25, -0.2) is 4.98 Å². The van der Waals surface area contributed by atoms with Crippen molar-refractivity contribution in [3.8, 4) is 17.2 Å². The number of benzene rings is 1. The number of hydrogen-bond acceptors (Lipinski definition) is 6. The van der Waals surface area contributed by atoms with Gasteiger partial charge in [-0.05, 0) is 36.8 Å². The Labute approximate surface area is 151 Å². The first-order valence-corrected chi connectivity index (χ1v) is 7.79. The summed E-state index contributed by atoms with van der Waals surface area (Å²) >= 11 is 0. The third-order valence-electron chi connectivity index (χ3n) is 3.52. The molecule has 0 aliphatic carbocycles. The zero-order valence-electron chi connectivity index (χ0n) is 15.1. The van der Waals surface area contributed by atoms with Gasteiger partial charge in [0.2, 0.25) is 11.7 Å². The SMILES string of the molecule is COc1cc(C(=O)NCC(=O)Nc2cc(C)ccn2)cc(OC)c1OC. The number of nitrogens with zero attached hydrogens (tertiary/aromatic N) is 1. The second kappa shape index (κ2) is 8.70. The van der Waals surface area contributed by atoms with Crippen molar-refractivity contribution in [3.05, 3.63) is 41.6 Å². The van der Waals surface area contributed by atoms with Crippen molar-refractivity contribution in [1.82, 2.24) is 10.3 Å². The average molecular weight is 359 g/mol. The molecule has 0 atom stereocenters. The molecule has 8 heteroatoms. The van der Waals surface area contributed by atoms with Crippen molar-refractivity contribution in [2.24, 2.45) is 0 Å². The number of anilines is 1. The lowest BCUT2D eigenvalue weighted by Gasteiger charge is -2.14.